The van der Waals surface area contributed by atoms with Crippen LogP contribution in [0.1, 0.15) is 57.1 Å². The highest BCUT2D eigenvalue weighted by molar-refractivity contribution is 9.11. The van der Waals surface area contributed by atoms with E-state index >= 15 is 0 Å². The number of amides is 8. The summed E-state index contributed by atoms with van der Waals surface area (Å²) in [6.45, 7) is 6.00. The molecule has 0 spiro atoms. The summed E-state index contributed by atoms with van der Waals surface area (Å²) in [4.78, 5) is 93.3. The molecule has 0 radical (unpaired) electrons. The number of nitrogens with two attached hydrogens (primary N) is 1. The van der Waals surface area contributed by atoms with Gasteiger partial charge in [0.1, 0.15) is 59.8 Å². The third kappa shape index (κ3) is 16.3. The number of imide groups is 2. The van der Waals surface area contributed by atoms with Crippen LogP contribution in [0.5, 0.6) is 28.7 Å². The molecule has 7 aromatic rings. The number of terminal acetylenes is 1. The number of pyridine rings is 4. The minimum atomic E-state index is -3.30. The quantitative estimate of drug-likeness (QED) is 0.0303. The Morgan fingerprint density at radius 1 is 0.674 bits per heavy atom. The maximum absolute atomic E-state index is 13.1. The molecular formula is C58H60Br3N13O14S. The number of carbonyl (C=O) groups is 6. The average Bonchev–Trinajstić information content (AvgIpc) is 1.71. The van der Waals surface area contributed by atoms with E-state index in [4.69, 9.17) is 40.6 Å². The van der Waals surface area contributed by atoms with Crippen LogP contribution >= 0.6 is 47.8 Å². The van der Waals surface area contributed by atoms with Crippen LogP contribution < -0.4 is 56.6 Å². The van der Waals surface area contributed by atoms with Crippen molar-refractivity contribution in [1.29, 1.82) is 0 Å². The van der Waals surface area contributed by atoms with E-state index in [0.717, 1.165) is 52.5 Å². The zero-order valence-electron chi connectivity index (χ0n) is 48.7. The number of anilines is 3. The molecule has 9 N–H and O–H groups in total. The van der Waals surface area contributed by atoms with Gasteiger partial charge < -0.3 is 65.3 Å². The van der Waals surface area contributed by atoms with Crippen LogP contribution in [-0.2, 0) is 43.8 Å². The Kier molecular flexibility index (Phi) is 22.0. The van der Waals surface area contributed by atoms with Gasteiger partial charge in [0, 0.05) is 49.6 Å². The number of halogens is 3. The lowest BCUT2D eigenvalue weighted by Gasteiger charge is -2.28. The molecule has 2 aromatic carbocycles. The second kappa shape index (κ2) is 29.2. The Morgan fingerprint density at radius 3 is 1.67 bits per heavy atom. The Bertz CT molecular complexity index is 4020. The number of aromatic nitrogens is 4. The van der Waals surface area contributed by atoms with E-state index in [9.17, 15) is 37.2 Å². The molecule has 9 heterocycles. The van der Waals surface area contributed by atoms with Crippen molar-refractivity contribution in [3.8, 4) is 41.1 Å². The maximum Gasteiger partial charge on any atom is 0.323 e. The summed E-state index contributed by atoms with van der Waals surface area (Å²) in [6.07, 6.45) is 6.52. The Labute approximate surface area is 535 Å². The lowest BCUT2D eigenvalue weighted by atomic mass is 9.95. The van der Waals surface area contributed by atoms with Crippen LogP contribution in [0.25, 0.3) is 11.1 Å². The molecule has 0 unspecified atom stereocenters. The highest BCUT2D eigenvalue weighted by Crippen LogP contribution is 2.36. The Balaban J connectivity index is 0.000000175. The maximum atomic E-state index is 13.1. The van der Waals surface area contributed by atoms with Crippen LogP contribution in [-0.4, -0.2) is 145 Å². The minimum Gasteiger partial charge on any atom is -0.505 e. The second-order valence-electron chi connectivity index (χ2n) is 19.5. The van der Waals surface area contributed by atoms with E-state index in [2.05, 4.69) is 106 Å². The van der Waals surface area contributed by atoms with E-state index in [1.54, 1.807) is 80.9 Å². The zero-order chi connectivity index (χ0) is 65.0. The average molecular weight is 1430 g/mol. The summed E-state index contributed by atoms with van der Waals surface area (Å²) >= 11 is 9.61. The molecule has 4 aliphatic heterocycles. The topological polar surface area (TPSA) is 363 Å². The molecule has 0 aliphatic carbocycles. The fourth-order valence-electron chi connectivity index (χ4n) is 9.04. The first-order valence-corrected chi connectivity index (χ1v) is 31.0. The van der Waals surface area contributed by atoms with Gasteiger partial charge in [0.25, 0.3) is 23.6 Å². The molecule has 2 saturated heterocycles. The third-order valence-electron chi connectivity index (χ3n) is 13.3. The number of benzene rings is 2. The van der Waals surface area contributed by atoms with Gasteiger partial charge >= 0.3 is 12.1 Å². The molecule has 2 atom stereocenters. The lowest BCUT2D eigenvalue weighted by Crippen LogP contribution is -2.54. The van der Waals surface area contributed by atoms with Gasteiger partial charge in [-0.3, -0.25) is 29.8 Å². The minimum absolute atomic E-state index is 0.0798. The van der Waals surface area contributed by atoms with Gasteiger partial charge in [-0.15, -0.1) is 6.42 Å². The smallest absolute Gasteiger partial charge is 0.323 e. The first-order valence-electron chi connectivity index (χ1n) is 26.6. The number of ether oxygens (including phenoxy) is 4. The SMILES string of the molecule is C#C[C@]1(CN2Cc3ccc(OC)cc3C2=O)NC(=O)NC1=O.CCNc1ccc(O)c(Br)n1.CCNc1ccc(OC)c(Br)n1.COc1ccc(N)nc1Br.COc1ccc2c(c1)C(=O)N(C[C@@]1(c3cc4nc(CS(C)(=O)=O)ccc4o3)NC(=O)NC1=O)C2. The van der Waals surface area contributed by atoms with Crippen LogP contribution in [0.15, 0.2) is 109 Å². The largest absolute Gasteiger partial charge is 0.505 e. The van der Waals surface area contributed by atoms with Crippen molar-refractivity contribution < 1.29 is 65.7 Å². The standard InChI is InChI=1S/C22H20N4O7S.C15H13N3O4.C8H11BrN2O.C7H9BrN2O.C6H7BrN2O/c1-32-14-5-3-12-9-26(19(27)15(12)7-14)11-22(20(28)24-21(29)25-22)18-8-16-17(33-18)6-4-13(23-16)10-34(2,30)31;1-3-15(13(20)16-14(21)17-15)8-18-7-9-4-5-10(22-2)6-11(9)12(18)19;1-3-10-7-5-4-6(12-2)8(9)11-7;1-2-9-6-4-3-5(11)7(8)10-6;1-10-4-2-3-5(8)9-6(4)7/h3-8H,9-11H2,1-2H3,(H2,24,25,28,29);1,4-6H,7-8H2,2H3,(H2,16,17,20,21);4-5H,3H2,1-2H3,(H,10,11);3-4,11H,2H2,1H3,(H,9,10);2-3H,1H3,(H2,8,9)/t22-;15-;;;/m01.../s1. The summed E-state index contributed by atoms with van der Waals surface area (Å²) in [6, 6.07) is 24.0. The van der Waals surface area contributed by atoms with Gasteiger partial charge in [-0.05, 0) is 146 Å². The Morgan fingerprint density at radius 2 is 1.20 bits per heavy atom. The molecule has 5 aromatic heterocycles. The van der Waals surface area contributed by atoms with Crippen molar-refractivity contribution in [2.24, 2.45) is 0 Å². The molecule has 0 bridgehead atoms. The van der Waals surface area contributed by atoms with Crippen molar-refractivity contribution in [1.82, 2.24) is 51.0 Å². The summed E-state index contributed by atoms with van der Waals surface area (Å²) < 4.78 is 51.2. The number of aromatic hydroxyl groups is 1. The number of fused-ring (bicyclic) bond motifs is 3. The second-order valence-corrected chi connectivity index (χ2v) is 23.9. The van der Waals surface area contributed by atoms with Gasteiger partial charge in [-0.1, -0.05) is 18.1 Å². The van der Waals surface area contributed by atoms with Crippen LogP contribution in [0, 0.1) is 12.3 Å². The van der Waals surface area contributed by atoms with E-state index in [-0.39, 0.29) is 48.7 Å². The first kappa shape index (κ1) is 67.3. The van der Waals surface area contributed by atoms with E-state index in [0.29, 0.717) is 66.7 Å². The molecule has 0 saturated carbocycles. The molecule has 2 fully saturated rings. The molecule has 31 heteroatoms. The van der Waals surface area contributed by atoms with E-state index < -0.39 is 44.8 Å². The number of furan rings is 1. The number of sulfone groups is 1. The monoisotopic (exact) mass is 1430 g/mol. The van der Waals surface area contributed by atoms with Crippen molar-refractivity contribution in [2.75, 3.05) is 77.2 Å². The summed E-state index contributed by atoms with van der Waals surface area (Å²) in [5, 5.41) is 24.5. The fourth-order valence-corrected chi connectivity index (χ4v) is 11.0. The van der Waals surface area contributed by atoms with Gasteiger partial charge in [0.05, 0.1) is 53.0 Å². The number of nitrogens with one attached hydrogen (secondary N) is 6. The zero-order valence-corrected chi connectivity index (χ0v) is 54.3. The first-order chi connectivity index (χ1) is 42.3. The van der Waals surface area contributed by atoms with Crippen molar-refractivity contribution >= 4 is 122 Å². The number of rotatable bonds is 15. The van der Waals surface area contributed by atoms with E-state index in [1.807, 2.05) is 26.0 Å². The van der Waals surface area contributed by atoms with E-state index in [1.165, 1.54) is 36.2 Å². The molecule has 27 nitrogen and oxygen atoms in total. The van der Waals surface area contributed by atoms with Crippen LogP contribution in [0.3, 0.4) is 0 Å². The van der Waals surface area contributed by atoms with Gasteiger partial charge in [0.2, 0.25) is 0 Å². The summed E-state index contributed by atoms with van der Waals surface area (Å²) in [5.41, 5.74) is 5.67. The van der Waals surface area contributed by atoms with Gasteiger partial charge in [-0.2, -0.15) is 0 Å². The molecule has 89 heavy (non-hydrogen) atoms. The summed E-state index contributed by atoms with van der Waals surface area (Å²) in [7, 11) is 2.92. The fraction of sp³-hybridized carbons (Fsp3) is 0.276. The molecule has 8 amide bonds. The number of hydrogen-bond donors (Lipinski definition) is 8. The molecule has 468 valence electrons. The predicted octanol–water partition coefficient (Wildman–Crippen LogP) is 6.64. The summed E-state index contributed by atoms with van der Waals surface area (Å²) in [5.74, 6) is 5.05. The third-order valence-corrected chi connectivity index (χ3v) is 15.8. The van der Waals surface area contributed by atoms with Crippen LogP contribution in [0.2, 0.25) is 0 Å². The molecular weight excluding hydrogens is 1370 g/mol. The highest BCUT2D eigenvalue weighted by atomic mass is 79.9. The normalized spacial score (nSPS) is 16.8. The van der Waals surface area contributed by atoms with Crippen molar-refractivity contribution in [3.63, 3.8) is 0 Å². The van der Waals surface area contributed by atoms with Gasteiger partial charge in [0.15, 0.2) is 38.0 Å². The number of carbonyl (C=O) groups excluding carboxylic acids is 6. The number of urea groups is 2. The number of hydrogen-bond acceptors (Lipinski definition) is 21. The lowest BCUT2D eigenvalue weighted by molar-refractivity contribution is -0.125. The highest BCUT2D eigenvalue weighted by Gasteiger charge is 2.53. The number of methoxy groups -OCH3 is 4. The van der Waals surface area contributed by atoms with Gasteiger partial charge in [-0.25, -0.2) is 37.9 Å². The van der Waals surface area contributed by atoms with Crippen molar-refractivity contribution in [3.05, 3.63) is 139 Å². The van der Waals surface area contributed by atoms with Crippen LogP contribution in [0.4, 0.5) is 27.0 Å². The number of nitrogens with zero attached hydrogens (tertiary/aromatic N) is 6. The molecule has 4 aliphatic rings. The van der Waals surface area contributed by atoms with Crippen molar-refractivity contribution in [2.45, 2.75) is 43.8 Å². The Hall–Kier alpha value is -9.25. The number of nitrogen functional groups attached to an aromatic ring is 1. The molecule has 11 rings (SSSR count). The predicted molar refractivity (Wildman–Crippen MR) is 338 cm³/mol.